The summed E-state index contributed by atoms with van der Waals surface area (Å²) in [5.41, 5.74) is 1.12. The molecule has 0 saturated carbocycles. The lowest BCUT2D eigenvalue weighted by molar-refractivity contribution is -0.133. The molecule has 0 spiro atoms. The zero-order chi connectivity index (χ0) is 16.9. The summed E-state index contributed by atoms with van der Waals surface area (Å²) in [5.74, 6) is 0.202. The molecular weight excluding hydrogens is 302 g/mol. The Bertz CT molecular complexity index is 674. The Morgan fingerprint density at radius 3 is 2.75 bits per heavy atom. The largest absolute Gasteiger partial charge is 0.396 e. The number of hydrogen-bond donors (Lipinski definition) is 1. The van der Waals surface area contributed by atoms with E-state index in [0.717, 1.165) is 44.4 Å². The van der Waals surface area contributed by atoms with E-state index in [-0.39, 0.29) is 12.5 Å². The van der Waals surface area contributed by atoms with Crippen LogP contribution in [0, 0.1) is 0 Å². The lowest BCUT2D eigenvalue weighted by atomic mass is 10.0. The van der Waals surface area contributed by atoms with Gasteiger partial charge in [-0.3, -0.25) is 4.79 Å². The highest BCUT2D eigenvalue weighted by Gasteiger charge is 2.25. The van der Waals surface area contributed by atoms with Crippen LogP contribution in [0.1, 0.15) is 19.3 Å². The summed E-state index contributed by atoms with van der Waals surface area (Å²) in [6, 6.07) is 10.7. The number of amides is 1. The zero-order valence-electron chi connectivity index (χ0n) is 14.4. The number of carbonyl (C=O) groups is 1. The highest BCUT2D eigenvalue weighted by molar-refractivity contribution is 5.83. The normalized spacial score (nSPS) is 16.2. The highest BCUT2D eigenvalue weighted by Crippen LogP contribution is 2.18. The van der Waals surface area contributed by atoms with Crippen molar-refractivity contribution in [1.29, 1.82) is 0 Å². The molecule has 0 bridgehead atoms. The molecule has 1 fully saturated rings. The number of fused-ring (bicyclic) bond motifs is 1. The molecule has 0 aliphatic carbocycles. The van der Waals surface area contributed by atoms with Crippen LogP contribution in [-0.2, 0) is 11.3 Å². The summed E-state index contributed by atoms with van der Waals surface area (Å²) in [6.07, 6.45) is 4.84. The van der Waals surface area contributed by atoms with Crippen LogP contribution < -0.4 is 0 Å². The maximum atomic E-state index is 12.6. The lowest BCUT2D eigenvalue weighted by Crippen LogP contribution is -2.46. The van der Waals surface area contributed by atoms with E-state index in [1.54, 1.807) is 0 Å². The number of benzene rings is 1. The molecule has 2 heterocycles. The van der Waals surface area contributed by atoms with Gasteiger partial charge in [-0.25, -0.2) is 0 Å². The molecular formula is C19H27N3O2. The van der Waals surface area contributed by atoms with Gasteiger partial charge in [0.05, 0.1) is 0 Å². The van der Waals surface area contributed by atoms with Crippen LogP contribution in [0.25, 0.3) is 10.9 Å². The van der Waals surface area contributed by atoms with E-state index in [0.29, 0.717) is 12.6 Å². The van der Waals surface area contributed by atoms with Crippen molar-refractivity contribution >= 4 is 16.8 Å². The number of nitrogens with zero attached hydrogens (tertiary/aromatic N) is 3. The lowest BCUT2D eigenvalue weighted by Gasteiger charge is -2.36. The molecule has 5 nitrogen and oxygen atoms in total. The van der Waals surface area contributed by atoms with Gasteiger partial charge in [0.25, 0.3) is 0 Å². The van der Waals surface area contributed by atoms with E-state index >= 15 is 0 Å². The number of likely N-dealkylation sites (tertiary alicyclic amines) is 1. The standard InChI is InChI=1S/C19H27N3O2/c1-20(10-4-14-23)17-8-12-21(13-9-17)19(24)15-22-11-7-16-5-2-3-6-18(16)22/h2-3,5-7,11,17,23H,4,8-10,12-15H2,1H3. The molecule has 3 rings (SSSR count). The smallest absolute Gasteiger partial charge is 0.242 e. The Hall–Kier alpha value is -1.85. The molecule has 1 N–H and O–H groups in total. The predicted octanol–water partition coefficient (Wildman–Crippen LogP) is 1.95. The molecule has 130 valence electrons. The van der Waals surface area contributed by atoms with Crippen LogP contribution >= 0.6 is 0 Å². The summed E-state index contributed by atoms with van der Waals surface area (Å²) < 4.78 is 2.04. The van der Waals surface area contributed by atoms with Crippen LogP contribution in [0.5, 0.6) is 0 Å². The van der Waals surface area contributed by atoms with Crippen molar-refractivity contribution in [3.05, 3.63) is 36.5 Å². The Balaban J connectivity index is 1.54. The van der Waals surface area contributed by atoms with Crippen LogP contribution in [0.3, 0.4) is 0 Å². The maximum Gasteiger partial charge on any atom is 0.242 e. The Labute approximate surface area is 143 Å². The molecule has 24 heavy (non-hydrogen) atoms. The molecule has 1 amide bonds. The van der Waals surface area contributed by atoms with Gasteiger partial charge in [-0.05, 0) is 43.8 Å². The molecule has 5 heteroatoms. The second-order valence-corrected chi connectivity index (χ2v) is 6.67. The fourth-order valence-corrected chi connectivity index (χ4v) is 3.58. The van der Waals surface area contributed by atoms with Gasteiger partial charge in [0.15, 0.2) is 0 Å². The quantitative estimate of drug-likeness (QED) is 0.881. The van der Waals surface area contributed by atoms with E-state index < -0.39 is 0 Å². The monoisotopic (exact) mass is 329 g/mol. The van der Waals surface area contributed by atoms with E-state index in [4.69, 9.17) is 5.11 Å². The molecule has 2 aromatic rings. The first-order valence-corrected chi connectivity index (χ1v) is 8.82. The third kappa shape index (κ3) is 3.79. The molecule has 0 unspecified atom stereocenters. The van der Waals surface area contributed by atoms with Gasteiger partial charge in [0, 0.05) is 44.0 Å². The number of carbonyl (C=O) groups excluding carboxylic acids is 1. The van der Waals surface area contributed by atoms with E-state index in [1.165, 1.54) is 5.39 Å². The average molecular weight is 329 g/mol. The van der Waals surface area contributed by atoms with Crippen molar-refractivity contribution in [2.45, 2.75) is 31.8 Å². The Morgan fingerprint density at radius 1 is 1.25 bits per heavy atom. The zero-order valence-corrected chi connectivity index (χ0v) is 14.4. The van der Waals surface area contributed by atoms with Crippen LogP contribution in [-0.4, -0.2) is 64.7 Å². The van der Waals surface area contributed by atoms with Gasteiger partial charge in [-0.15, -0.1) is 0 Å². The van der Waals surface area contributed by atoms with Crippen LogP contribution in [0.4, 0.5) is 0 Å². The number of para-hydroxylation sites is 1. The van der Waals surface area contributed by atoms with Crippen LogP contribution in [0.2, 0.25) is 0 Å². The van der Waals surface area contributed by atoms with E-state index in [2.05, 4.69) is 30.1 Å². The van der Waals surface area contributed by atoms with Crippen molar-refractivity contribution in [2.75, 3.05) is 33.3 Å². The minimum absolute atomic E-state index is 0.202. The number of hydrogen-bond acceptors (Lipinski definition) is 3. The van der Waals surface area contributed by atoms with Gasteiger partial charge >= 0.3 is 0 Å². The topological polar surface area (TPSA) is 48.7 Å². The van der Waals surface area contributed by atoms with Gasteiger partial charge in [0.1, 0.15) is 6.54 Å². The van der Waals surface area contributed by atoms with Gasteiger partial charge in [-0.2, -0.15) is 0 Å². The second-order valence-electron chi connectivity index (χ2n) is 6.67. The highest BCUT2D eigenvalue weighted by atomic mass is 16.3. The summed E-state index contributed by atoms with van der Waals surface area (Å²) in [7, 11) is 2.11. The summed E-state index contributed by atoms with van der Waals surface area (Å²) in [5, 5.41) is 10.1. The maximum absolute atomic E-state index is 12.6. The molecule has 1 aromatic carbocycles. The molecule has 1 saturated heterocycles. The van der Waals surface area contributed by atoms with Gasteiger partial charge < -0.3 is 19.5 Å². The fourth-order valence-electron chi connectivity index (χ4n) is 3.58. The van der Waals surface area contributed by atoms with Crippen molar-refractivity contribution in [3.8, 4) is 0 Å². The first-order valence-electron chi connectivity index (χ1n) is 8.82. The molecule has 1 aromatic heterocycles. The number of aliphatic hydroxyl groups excluding tert-OH is 1. The third-order valence-corrected chi connectivity index (χ3v) is 5.10. The first-order chi connectivity index (χ1) is 11.7. The molecule has 1 aliphatic heterocycles. The number of rotatable bonds is 6. The Kier molecular flexibility index (Phi) is 5.53. The van der Waals surface area contributed by atoms with Gasteiger partial charge in [0.2, 0.25) is 5.91 Å². The third-order valence-electron chi connectivity index (χ3n) is 5.10. The minimum Gasteiger partial charge on any atom is -0.396 e. The first kappa shape index (κ1) is 17.0. The van der Waals surface area contributed by atoms with Crippen molar-refractivity contribution < 1.29 is 9.90 Å². The van der Waals surface area contributed by atoms with E-state index in [1.807, 2.05) is 27.8 Å². The van der Waals surface area contributed by atoms with Crippen molar-refractivity contribution in [3.63, 3.8) is 0 Å². The number of piperidine rings is 1. The van der Waals surface area contributed by atoms with Crippen molar-refractivity contribution in [2.24, 2.45) is 0 Å². The van der Waals surface area contributed by atoms with Crippen LogP contribution in [0.15, 0.2) is 36.5 Å². The summed E-state index contributed by atoms with van der Waals surface area (Å²) in [4.78, 5) is 16.9. The molecule has 0 radical (unpaired) electrons. The number of aromatic nitrogens is 1. The molecule has 1 aliphatic rings. The minimum atomic E-state index is 0.202. The van der Waals surface area contributed by atoms with E-state index in [9.17, 15) is 4.79 Å². The predicted molar refractivity (Wildman–Crippen MR) is 95.9 cm³/mol. The molecule has 0 atom stereocenters. The average Bonchev–Trinajstić information content (AvgIpc) is 3.03. The van der Waals surface area contributed by atoms with Gasteiger partial charge in [-0.1, -0.05) is 18.2 Å². The summed E-state index contributed by atoms with van der Waals surface area (Å²) >= 11 is 0. The Morgan fingerprint density at radius 2 is 2.00 bits per heavy atom. The van der Waals surface area contributed by atoms with Crippen molar-refractivity contribution in [1.82, 2.24) is 14.4 Å². The SMILES string of the molecule is CN(CCCO)C1CCN(C(=O)Cn2ccc3ccccc32)CC1. The fraction of sp³-hybridized carbons (Fsp3) is 0.526. The number of aliphatic hydroxyl groups is 1. The summed E-state index contributed by atoms with van der Waals surface area (Å²) in [6.45, 7) is 3.23. The second kappa shape index (κ2) is 7.81.